The maximum absolute atomic E-state index is 11.5. The molecule has 0 aliphatic heterocycles. The van der Waals surface area contributed by atoms with Gasteiger partial charge in [-0.05, 0) is 31.2 Å². The molecule has 0 aliphatic rings. The summed E-state index contributed by atoms with van der Waals surface area (Å²) in [6.07, 6.45) is 1.28. The third-order valence-corrected chi connectivity index (χ3v) is 2.89. The molecule has 1 aromatic carbocycles. The fourth-order valence-electron chi connectivity index (χ4n) is 1.82. The van der Waals surface area contributed by atoms with Gasteiger partial charge in [-0.3, -0.25) is 10.1 Å². The molecule has 0 radical (unpaired) electrons. The van der Waals surface area contributed by atoms with E-state index in [1.54, 1.807) is 37.3 Å². The van der Waals surface area contributed by atoms with Gasteiger partial charge in [-0.2, -0.15) is 5.26 Å². The number of ether oxygens (including phenoxy) is 1. The molecule has 0 unspecified atom stereocenters. The Morgan fingerprint density at radius 2 is 2.04 bits per heavy atom. The van der Waals surface area contributed by atoms with Crippen molar-refractivity contribution in [2.24, 2.45) is 0 Å². The Bertz CT molecular complexity index is 797. The van der Waals surface area contributed by atoms with E-state index in [1.165, 1.54) is 18.2 Å². The molecular formula is C16H12N2O5. The van der Waals surface area contributed by atoms with E-state index in [1.807, 2.05) is 0 Å². The SMILES string of the molecule is CCOC(=O)C(C#N)=Cc1ccc(-c2ccc([N+](=O)[O-])cc2)o1. The van der Waals surface area contributed by atoms with E-state index >= 15 is 0 Å². The summed E-state index contributed by atoms with van der Waals surface area (Å²) in [6, 6.07) is 10.8. The minimum atomic E-state index is -0.719. The lowest BCUT2D eigenvalue weighted by molar-refractivity contribution is -0.384. The Morgan fingerprint density at radius 3 is 2.61 bits per heavy atom. The van der Waals surface area contributed by atoms with Gasteiger partial charge in [0.2, 0.25) is 0 Å². The number of non-ortho nitro benzene ring substituents is 1. The van der Waals surface area contributed by atoms with Crippen LogP contribution < -0.4 is 0 Å². The summed E-state index contributed by atoms with van der Waals surface area (Å²) in [5, 5.41) is 19.6. The summed E-state index contributed by atoms with van der Waals surface area (Å²) < 4.78 is 10.3. The molecule has 23 heavy (non-hydrogen) atoms. The minimum Gasteiger partial charge on any atom is -0.462 e. The topological polar surface area (TPSA) is 106 Å². The van der Waals surface area contributed by atoms with Crippen molar-refractivity contribution in [2.45, 2.75) is 6.92 Å². The highest BCUT2D eigenvalue weighted by Crippen LogP contribution is 2.25. The van der Waals surface area contributed by atoms with Gasteiger partial charge in [0.1, 0.15) is 23.2 Å². The molecule has 116 valence electrons. The first-order valence-electron chi connectivity index (χ1n) is 6.68. The predicted octanol–water partition coefficient (Wildman–Crippen LogP) is 3.32. The molecular weight excluding hydrogens is 300 g/mol. The third-order valence-electron chi connectivity index (χ3n) is 2.89. The largest absolute Gasteiger partial charge is 0.462 e. The molecule has 0 spiro atoms. The smallest absolute Gasteiger partial charge is 0.349 e. The average Bonchev–Trinajstić information content (AvgIpc) is 3.01. The molecule has 0 amide bonds. The van der Waals surface area contributed by atoms with Crippen LogP contribution in [0, 0.1) is 21.4 Å². The first-order valence-corrected chi connectivity index (χ1v) is 6.68. The third kappa shape index (κ3) is 3.83. The van der Waals surface area contributed by atoms with Crippen LogP contribution in [0.15, 0.2) is 46.4 Å². The highest BCUT2D eigenvalue weighted by molar-refractivity contribution is 5.97. The summed E-state index contributed by atoms with van der Waals surface area (Å²) in [4.78, 5) is 21.7. The first-order chi connectivity index (χ1) is 11.0. The number of hydrogen-bond acceptors (Lipinski definition) is 6. The normalized spacial score (nSPS) is 10.9. The van der Waals surface area contributed by atoms with Crippen molar-refractivity contribution < 1.29 is 18.9 Å². The average molecular weight is 312 g/mol. The molecule has 7 heteroatoms. The number of esters is 1. The summed E-state index contributed by atoms with van der Waals surface area (Å²) in [5.41, 5.74) is 0.454. The maximum Gasteiger partial charge on any atom is 0.349 e. The summed E-state index contributed by atoms with van der Waals surface area (Å²) in [5.74, 6) is 0.0542. The zero-order valence-corrected chi connectivity index (χ0v) is 12.2. The number of nitriles is 1. The van der Waals surface area contributed by atoms with Gasteiger partial charge in [-0.15, -0.1) is 0 Å². The minimum absolute atomic E-state index is 0.0190. The zero-order chi connectivity index (χ0) is 16.8. The first kappa shape index (κ1) is 16.0. The second kappa shape index (κ2) is 7.04. The predicted molar refractivity (Wildman–Crippen MR) is 81.0 cm³/mol. The molecule has 0 saturated heterocycles. The number of carbonyl (C=O) groups is 1. The van der Waals surface area contributed by atoms with Crippen LogP contribution in [0.2, 0.25) is 0 Å². The van der Waals surface area contributed by atoms with Gasteiger partial charge in [-0.25, -0.2) is 4.79 Å². The van der Waals surface area contributed by atoms with E-state index in [2.05, 4.69) is 0 Å². The van der Waals surface area contributed by atoms with E-state index < -0.39 is 10.9 Å². The van der Waals surface area contributed by atoms with E-state index in [9.17, 15) is 14.9 Å². The van der Waals surface area contributed by atoms with E-state index in [4.69, 9.17) is 14.4 Å². The van der Waals surface area contributed by atoms with Crippen LogP contribution in [0.3, 0.4) is 0 Å². The van der Waals surface area contributed by atoms with Crippen molar-refractivity contribution in [2.75, 3.05) is 6.61 Å². The van der Waals surface area contributed by atoms with E-state index in [0.29, 0.717) is 17.1 Å². The van der Waals surface area contributed by atoms with Gasteiger partial charge in [0.15, 0.2) is 0 Å². The lowest BCUT2D eigenvalue weighted by atomic mass is 10.1. The van der Waals surface area contributed by atoms with Gasteiger partial charge in [0, 0.05) is 23.8 Å². The van der Waals surface area contributed by atoms with Crippen LogP contribution in [0.5, 0.6) is 0 Å². The molecule has 0 N–H and O–H groups in total. The molecule has 0 aliphatic carbocycles. The zero-order valence-electron chi connectivity index (χ0n) is 12.2. The number of nitro benzene ring substituents is 1. The van der Waals surface area contributed by atoms with Crippen LogP contribution in [-0.4, -0.2) is 17.5 Å². The second-order valence-corrected chi connectivity index (χ2v) is 4.40. The van der Waals surface area contributed by atoms with Crippen LogP contribution in [0.25, 0.3) is 17.4 Å². The highest BCUT2D eigenvalue weighted by Gasteiger charge is 2.12. The molecule has 1 heterocycles. The van der Waals surface area contributed by atoms with Crippen molar-refractivity contribution in [1.82, 2.24) is 0 Å². The molecule has 0 bridgehead atoms. The Hall–Kier alpha value is -3.40. The lowest BCUT2D eigenvalue weighted by Crippen LogP contribution is -2.05. The molecule has 7 nitrogen and oxygen atoms in total. The molecule has 0 atom stereocenters. The van der Waals surface area contributed by atoms with Crippen molar-refractivity contribution in [3.8, 4) is 17.4 Å². The number of nitrogens with zero attached hydrogens (tertiary/aromatic N) is 2. The van der Waals surface area contributed by atoms with Crippen molar-refractivity contribution in [3.63, 3.8) is 0 Å². The van der Waals surface area contributed by atoms with Gasteiger partial charge in [-0.1, -0.05) is 0 Å². The summed E-state index contributed by atoms with van der Waals surface area (Å²) >= 11 is 0. The van der Waals surface area contributed by atoms with Gasteiger partial charge >= 0.3 is 5.97 Å². The number of hydrogen-bond donors (Lipinski definition) is 0. The Balaban J connectivity index is 2.25. The Morgan fingerprint density at radius 1 is 1.35 bits per heavy atom. The standard InChI is InChI=1S/C16H12N2O5/c1-2-22-16(19)12(10-17)9-14-7-8-15(23-14)11-3-5-13(6-4-11)18(20)21/h3-9H,2H2,1H3. The maximum atomic E-state index is 11.5. The van der Waals surface area contributed by atoms with Crippen molar-refractivity contribution >= 4 is 17.7 Å². The van der Waals surface area contributed by atoms with Crippen molar-refractivity contribution in [3.05, 3.63) is 57.8 Å². The number of rotatable bonds is 5. The van der Waals surface area contributed by atoms with Gasteiger partial charge in [0.25, 0.3) is 5.69 Å². The molecule has 1 aromatic heterocycles. The fourth-order valence-corrected chi connectivity index (χ4v) is 1.82. The van der Waals surface area contributed by atoms with Gasteiger partial charge in [0.05, 0.1) is 11.5 Å². The van der Waals surface area contributed by atoms with E-state index in [0.717, 1.165) is 0 Å². The quantitative estimate of drug-likeness (QED) is 0.275. The monoisotopic (exact) mass is 312 g/mol. The number of benzene rings is 1. The fraction of sp³-hybridized carbons (Fsp3) is 0.125. The van der Waals surface area contributed by atoms with Crippen molar-refractivity contribution in [1.29, 1.82) is 5.26 Å². The summed E-state index contributed by atoms with van der Waals surface area (Å²) in [7, 11) is 0. The highest BCUT2D eigenvalue weighted by atomic mass is 16.6. The van der Waals surface area contributed by atoms with Crippen LogP contribution in [0.1, 0.15) is 12.7 Å². The number of nitro groups is 1. The van der Waals surface area contributed by atoms with Crippen LogP contribution in [-0.2, 0) is 9.53 Å². The molecule has 2 aromatic rings. The van der Waals surface area contributed by atoms with E-state index in [-0.39, 0.29) is 17.9 Å². The summed E-state index contributed by atoms with van der Waals surface area (Å²) in [6.45, 7) is 1.82. The lowest BCUT2D eigenvalue weighted by Gasteiger charge is -1.98. The second-order valence-electron chi connectivity index (χ2n) is 4.40. The Labute approximate surface area is 131 Å². The molecule has 0 fully saturated rings. The van der Waals surface area contributed by atoms with Gasteiger partial charge < -0.3 is 9.15 Å². The Kier molecular flexibility index (Phi) is 4.89. The van der Waals surface area contributed by atoms with Crippen LogP contribution >= 0.6 is 0 Å². The number of carbonyl (C=O) groups excluding carboxylic acids is 1. The van der Waals surface area contributed by atoms with Crippen LogP contribution in [0.4, 0.5) is 5.69 Å². The number of furan rings is 1. The molecule has 0 saturated carbocycles. The molecule has 2 rings (SSSR count).